The van der Waals surface area contributed by atoms with Crippen LogP contribution in [0, 0.1) is 0 Å². The number of aromatic nitrogens is 2. The molecule has 6 rings (SSSR count). The van der Waals surface area contributed by atoms with E-state index in [4.69, 9.17) is 0 Å². The van der Waals surface area contributed by atoms with E-state index in [1.54, 1.807) is 0 Å². The van der Waals surface area contributed by atoms with Crippen LogP contribution in [0.1, 0.15) is 27.0 Å². The molecular weight excluding hydrogens is 458 g/mol. The van der Waals surface area contributed by atoms with E-state index in [0.29, 0.717) is 18.6 Å². The molecule has 0 spiro atoms. The molecule has 0 aliphatic carbocycles. The first kappa shape index (κ1) is 23.8. The van der Waals surface area contributed by atoms with Gasteiger partial charge in [-0.25, -0.2) is 0 Å². The van der Waals surface area contributed by atoms with E-state index in [1.807, 2.05) is 116 Å². The first-order chi connectivity index (χ1) is 18.2. The highest BCUT2D eigenvalue weighted by molar-refractivity contribution is 6.03. The summed E-state index contributed by atoms with van der Waals surface area (Å²) in [6.45, 7) is 0. The van der Waals surface area contributed by atoms with Crippen molar-refractivity contribution in [3.8, 4) is 0 Å². The van der Waals surface area contributed by atoms with Crippen molar-refractivity contribution >= 4 is 33.3 Å². The summed E-state index contributed by atoms with van der Waals surface area (Å²) in [5.74, 6) is 0.153. The van der Waals surface area contributed by atoms with Crippen molar-refractivity contribution < 1.29 is 10.0 Å². The van der Waals surface area contributed by atoms with Crippen LogP contribution in [-0.2, 0) is 12.8 Å². The first-order valence-electron chi connectivity index (χ1n) is 12.2. The lowest BCUT2D eigenvalue weighted by molar-refractivity contribution is 0.0993. The highest BCUT2D eigenvalue weighted by Gasteiger charge is 2.11. The predicted octanol–water partition coefficient (Wildman–Crippen LogP) is 7.18. The molecule has 5 heteroatoms. The molecule has 6 aromatic rings. The number of ketones is 1. The normalized spacial score (nSPS) is 11.3. The zero-order valence-electron chi connectivity index (χ0n) is 20.3. The standard InChI is InChI=1S/C16H14N2O.C16H13NO/c19-18-16(12-6-2-1-3-7-12)10-13-11-17-15-9-5-4-8-14(13)15;18-16(12-6-2-1-3-7-12)10-13-11-17-15-9-5-4-8-14(13)15/h1-9,11,17,19H,10H2;1-9,11,17H,10H2. The molecule has 37 heavy (non-hydrogen) atoms. The van der Waals surface area contributed by atoms with Crippen LogP contribution in [0.5, 0.6) is 0 Å². The number of nitrogens with one attached hydrogen (secondary N) is 2. The second-order valence-corrected chi connectivity index (χ2v) is 8.77. The molecule has 0 saturated heterocycles. The summed E-state index contributed by atoms with van der Waals surface area (Å²) in [5.41, 5.74) is 6.74. The summed E-state index contributed by atoms with van der Waals surface area (Å²) in [5, 5.41) is 15.0. The van der Waals surface area contributed by atoms with Crippen LogP contribution in [0.25, 0.3) is 21.8 Å². The Morgan fingerprint density at radius 2 is 1.05 bits per heavy atom. The van der Waals surface area contributed by atoms with Crippen LogP contribution in [0.4, 0.5) is 0 Å². The molecule has 182 valence electrons. The van der Waals surface area contributed by atoms with E-state index >= 15 is 0 Å². The molecule has 0 amide bonds. The average Bonchev–Trinajstić information content (AvgIpc) is 3.57. The van der Waals surface area contributed by atoms with Crippen molar-refractivity contribution in [1.82, 2.24) is 9.97 Å². The van der Waals surface area contributed by atoms with Gasteiger partial charge in [0.1, 0.15) is 0 Å². The zero-order valence-corrected chi connectivity index (χ0v) is 20.3. The maximum atomic E-state index is 12.1. The van der Waals surface area contributed by atoms with Gasteiger partial charge in [0.2, 0.25) is 0 Å². The number of hydrogen-bond acceptors (Lipinski definition) is 3. The minimum Gasteiger partial charge on any atom is -0.411 e. The van der Waals surface area contributed by atoms with Gasteiger partial charge in [0.25, 0.3) is 0 Å². The number of carbonyl (C=O) groups excluding carboxylic acids is 1. The second-order valence-electron chi connectivity index (χ2n) is 8.77. The fourth-order valence-corrected chi connectivity index (χ4v) is 4.46. The molecule has 0 bridgehead atoms. The fourth-order valence-electron chi connectivity index (χ4n) is 4.46. The van der Waals surface area contributed by atoms with Gasteiger partial charge in [-0.05, 0) is 28.8 Å². The Hall–Kier alpha value is -4.90. The Labute approximate surface area is 215 Å². The van der Waals surface area contributed by atoms with Gasteiger partial charge in [-0.15, -0.1) is 0 Å². The van der Waals surface area contributed by atoms with E-state index in [2.05, 4.69) is 21.2 Å². The smallest absolute Gasteiger partial charge is 0.167 e. The molecule has 0 aliphatic heterocycles. The van der Waals surface area contributed by atoms with Crippen molar-refractivity contribution in [2.75, 3.05) is 0 Å². The van der Waals surface area contributed by atoms with Gasteiger partial charge >= 0.3 is 0 Å². The van der Waals surface area contributed by atoms with E-state index in [9.17, 15) is 10.0 Å². The summed E-state index contributed by atoms with van der Waals surface area (Å²) in [6.07, 6.45) is 4.93. The van der Waals surface area contributed by atoms with Gasteiger partial charge < -0.3 is 15.2 Å². The number of fused-ring (bicyclic) bond motifs is 2. The molecule has 2 heterocycles. The number of H-pyrrole nitrogens is 2. The Morgan fingerprint density at radius 1 is 0.595 bits per heavy atom. The number of rotatable bonds is 6. The second kappa shape index (κ2) is 11.2. The van der Waals surface area contributed by atoms with E-state index in [0.717, 1.165) is 38.7 Å². The Balaban J connectivity index is 0.000000152. The Morgan fingerprint density at radius 3 is 1.59 bits per heavy atom. The maximum Gasteiger partial charge on any atom is 0.167 e. The third-order valence-electron chi connectivity index (χ3n) is 6.38. The number of nitrogens with zero attached hydrogens (tertiary/aromatic N) is 1. The number of oxime groups is 1. The average molecular weight is 486 g/mol. The van der Waals surface area contributed by atoms with Gasteiger partial charge in [-0.3, -0.25) is 4.79 Å². The van der Waals surface area contributed by atoms with Crippen LogP contribution in [0.15, 0.2) is 127 Å². The molecule has 0 fully saturated rings. The van der Waals surface area contributed by atoms with Gasteiger partial charge in [0.05, 0.1) is 5.71 Å². The molecule has 0 aliphatic rings. The lowest BCUT2D eigenvalue weighted by atomic mass is 10.0. The Kier molecular flexibility index (Phi) is 7.23. The summed E-state index contributed by atoms with van der Waals surface area (Å²) < 4.78 is 0. The summed E-state index contributed by atoms with van der Waals surface area (Å²) in [7, 11) is 0. The molecular formula is C32H27N3O2. The SMILES string of the molecule is O=C(Cc1c[nH]c2ccccc12)c1ccccc1.ON=C(Cc1c[nH]c2ccccc12)c1ccccc1. The summed E-state index contributed by atoms with van der Waals surface area (Å²) in [6, 6.07) is 35.3. The number of carbonyl (C=O) groups is 1. The molecule has 0 unspecified atom stereocenters. The van der Waals surface area contributed by atoms with Gasteiger partial charge in [0, 0.05) is 52.6 Å². The fraction of sp³-hybridized carbons (Fsp3) is 0.0625. The molecule has 5 nitrogen and oxygen atoms in total. The third kappa shape index (κ3) is 5.52. The number of benzene rings is 4. The van der Waals surface area contributed by atoms with Crippen molar-refractivity contribution in [1.29, 1.82) is 0 Å². The van der Waals surface area contributed by atoms with Crippen LogP contribution in [-0.4, -0.2) is 26.7 Å². The van der Waals surface area contributed by atoms with Gasteiger partial charge in [-0.2, -0.15) is 0 Å². The summed E-state index contributed by atoms with van der Waals surface area (Å²) in [4.78, 5) is 18.6. The Bertz CT molecular complexity index is 1650. The van der Waals surface area contributed by atoms with Crippen LogP contribution in [0.3, 0.4) is 0 Å². The number of aromatic amines is 2. The van der Waals surface area contributed by atoms with Crippen molar-refractivity contribution in [3.05, 3.63) is 144 Å². The van der Waals surface area contributed by atoms with Crippen LogP contribution < -0.4 is 0 Å². The van der Waals surface area contributed by atoms with Crippen molar-refractivity contribution in [2.45, 2.75) is 12.8 Å². The first-order valence-corrected chi connectivity index (χ1v) is 12.2. The number of hydrogen-bond donors (Lipinski definition) is 3. The molecule has 0 saturated carbocycles. The highest BCUT2D eigenvalue weighted by Crippen LogP contribution is 2.21. The molecule has 0 atom stereocenters. The maximum absolute atomic E-state index is 12.1. The lowest BCUT2D eigenvalue weighted by Gasteiger charge is -2.03. The monoisotopic (exact) mass is 485 g/mol. The predicted molar refractivity (Wildman–Crippen MR) is 150 cm³/mol. The lowest BCUT2D eigenvalue weighted by Crippen LogP contribution is -2.04. The largest absolute Gasteiger partial charge is 0.411 e. The highest BCUT2D eigenvalue weighted by atomic mass is 16.4. The quantitative estimate of drug-likeness (QED) is 0.101. The van der Waals surface area contributed by atoms with Crippen molar-refractivity contribution in [3.63, 3.8) is 0 Å². The van der Waals surface area contributed by atoms with E-state index < -0.39 is 0 Å². The zero-order chi connectivity index (χ0) is 25.5. The van der Waals surface area contributed by atoms with E-state index in [-0.39, 0.29) is 5.78 Å². The topological polar surface area (TPSA) is 81.2 Å². The molecule has 2 aromatic heterocycles. The van der Waals surface area contributed by atoms with Crippen molar-refractivity contribution in [2.24, 2.45) is 5.16 Å². The number of Topliss-reactive ketones (excluding diaryl/α,β-unsaturated/α-hetero) is 1. The van der Waals surface area contributed by atoms with E-state index in [1.165, 1.54) is 5.39 Å². The molecule has 3 N–H and O–H groups in total. The number of para-hydroxylation sites is 2. The minimum atomic E-state index is 0.153. The van der Waals surface area contributed by atoms with Gasteiger partial charge in [-0.1, -0.05) is 102 Å². The van der Waals surface area contributed by atoms with Gasteiger partial charge in [0.15, 0.2) is 5.78 Å². The molecule has 4 aromatic carbocycles. The van der Waals surface area contributed by atoms with Crippen LogP contribution >= 0.6 is 0 Å². The molecule has 0 radical (unpaired) electrons. The van der Waals surface area contributed by atoms with Crippen LogP contribution in [0.2, 0.25) is 0 Å². The minimum absolute atomic E-state index is 0.153. The summed E-state index contributed by atoms with van der Waals surface area (Å²) >= 11 is 0. The third-order valence-corrected chi connectivity index (χ3v) is 6.38.